The number of hydrogen-bond donors (Lipinski definition) is 3. The number of nitrogens with zero attached hydrogens (tertiary/aromatic N) is 2. The number of rotatable bonds is 4. The molecule has 7 nitrogen and oxygen atoms in total. The maximum Gasteiger partial charge on any atom is 0.320 e. The molecule has 7 heteroatoms. The molecule has 1 fully saturated rings. The van der Waals surface area contributed by atoms with E-state index >= 15 is 0 Å². The van der Waals surface area contributed by atoms with Crippen LogP contribution in [0.2, 0.25) is 0 Å². The molecule has 0 aliphatic carbocycles. The predicted octanol–water partition coefficient (Wildman–Crippen LogP) is 0.155. The Morgan fingerprint density at radius 1 is 1.55 bits per heavy atom. The highest BCUT2D eigenvalue weighted by molar-refractivity contribution is 5.88. The molecule has 1 aromatic heterocycles. The summed E-state index contributed by atoms with van der Waals surface area (Å²) in [6.07, 6.45) is 1.63. The summed E-state index contributed by atoms with van der Waals surface area (Å²) in [5.41, 5.74) is 0.946. The topological polar surface area (TPSA) is 86.4 Å². The van der Waals surface area contributed by atoms with Crippen LogP contribution in [-0.4, -0.2) is 48.0 Å². The average Bonchev–Trinajstić information content (AvgIpc) is 2.42. The van der Waals surface area contributed by atoms with Crippen LogP contribution in [0.25, 0.3) is 0 Å². The van der Waals surface area contributed by atoms with Gasteiger partial charge in [-0.3, -0.25) is 10.1 Å². The van der Waals surface area contributed by atoms with Crippen LogP contribution in [0.1, 0.15) is 12.5 Å². The highest BCUT2D eigenvalue weighted by Gasteiger charge is 2.17. The molecular formula is C13H19N5O2. The van der Waals surface area contributed by atoms with Gasteiger partial charge in [0.25, 0.3) is 0 Å². The molecule has 1 aromatic rings. The van der Waals surface area contributed by atoms with Crippen LogP contribution in [0.3, 0.4) is 0 Å². The van der Waals surface area contributed by atoms with Crippen molar-refractivity contribution >= 4 is 17.8 Å². The Labute approximate surface area is 117 Å². The number of amides is 3. The number of urea groups is 1. The highest BCUT2D eigenvalue weighted by Crippen LogP contribution is 2.10. The third-order valence-electron chi connectivity index (χ3n) is 2.96. The summed E-state index contributed by atoms with van der Waals surface area (Å²) in [6.45, 7) is 4.82. The molecular weight excluding hydrogens is 258 g/mol. The fraction of sp³-hybridized carbons (Fsp3) is 0.462. The first-order valence-corrected chi connectivity index (χ1v) is 6.67. The smallest absolute Gasteiger partial charge is 0.320 e. The first-order valence-electron chi connectivity index (χ1n) is 6.67. The zero-order valence-electron chi connectivity index (χ0n) is 11.5. The fourth-order valence-corrected chi connectivity index (χ4v) is 2.00. The third-order valence-corrected chi connectivity index (χ3v) is 2.96. The van der Waals surface area contributed by atoms with Gasteiger partial charge in [0.15, 0.2) is 0 Å². The van der Waals surface area contributed by atoms with Crippen LogP contribution in [-0.2, 0) is 11.3 Å². The summed E-state index contributed by atoms with van der Waals surface area (Å²) < 4.78 is 0. The molecule has 0 radical (unpaired) electrons. The van der Waals surface area contributed by atoms with E-state index in [2.05, 4.69) is 20.9 Å². The second kappa shape index (κ2) is 6.85. The minimum atomic E-state index is -0.282. The van der Waals surface area contributed by atoms with Crippen molar-refractivity contribution in [1.29, 1.82) is 0 Å². The van der Waals surface area contributed by atoms with Gasteiger partial charge < -0.3 is 15.5 Å². The van der Waals surface area contributed by atoms with Crippen LogP contribution in [0.15, 0.2) is 18.3 Å². The van der Waals surface area contributed by atoms with Gasteiger partial charge in [0.2, 0.25) is 5.91 Å². The van der Waals surface area contributed by atoms with Crippen molar-refractivity contribution in [2.24, 2.45) is 0 Å². The maximum atomic E-state index is 11.7. The summed E-state index contributed by atoms with van der Waals surface area (Å²) in [7, 11) is 0. The number of carbonyl (C=O) groups excluding carboxylic acids is 2. The Balaban J connectivity index is 1.98. The molecule has 2 heterocycles. The zero-order chi connectivity index (χ0) is 14.4. The lowest BCUT2D eigenvalue weighted by molar-refractivity contribution is -0.132. The van der Waals surface area contributed by atoms with Crippen molar-refractivity contribution in [1.82, 2.24) is 20.5 Å². The van der Waals surface area contributed by atoms with Crippen molar-refractivity contribution in [3.8, 4) is 0 Å². The number of carbonyl (C=O) groups is 2. The number of anilines is 1. The normalized spacial score (nSPS) is 15.1. The Bertz CT molecular complexity index is 491. The number of aromatic nitrogens is 1. The van der Waals surface area contributed by atoms with Gasteiger partial charge in [-0.15, -0.1) is 0 Å². The summed E-state index contributed by atoms with van der Waals surface area (Å²) >= 11 is 0. The van der Waals surface area contributed by atoms with Gasteiger partial charge in [0.1, 0.15) is 5.82 Å². The van der Waals surface area contributed by atoms with Gasteiger partial charge in [-0.2, -0.15) is 0 Å². The second-order valence-electron chi connectivity index (χ2n) is 4.53. The molecule has 0 bridgehead atoms. The zero-order valence-corrected chi connectivity index (χ0v) is 11.5. The predicted molar refractivity (Wildman–Crippen MR) is 75.2 cm³/mol. The van der Waals surface area contributed by atoms with Gasteiger partial charge in [0.05, 0.1) is 6.54 Å². The molecule has 108 valence electrons. The monoisotopic (exact) mass is 277 g/mol. The molecule has 0 spiro atoms. The van der Waals surface area contributed by atoms with E-state index in [9.17, 15) is 9.59 Å². The van der Waals surface area contributed by atoms with Crippen molar-refractivity contribution in [3.05, 3.63) is 23.9 Å². The molecule has 1 aliphatic rings. The van der Waals surface area contributed by atoms with Crippen LogP contribution in [0.5, 0.6) is 0 Å². The van der Waals surface area contributed by atoms with E-state index in [1.54, 1.807) is 17.2 Å². The molecule has 0 atom stereocenters. The first-order chi connectivity index (χ1) is 9.69. The summed E-state index contributed by atoms with van der Waals surface area (Å²) in [5, 5.41) is 8.33. The molecule has 3 N–H and O–H groups in total. The number of nitrogens with one attached hydrogen (secondary N) is 3. The molecule has 0 unspecified atom stereocenters. The van der Waals surface area contributed by atoms with E-state index in [1.165, 1.54) is 0 Å². The molecule has 0 aromatic carbocycles. The lowest BCUT2D eigenvalue weighted by atomic mass is 10.2. The van der Waals surface area contributed by atoms with E-state index in [0.717, 1.165) is 12.1 Å². The van der Waals surface area contributed by atoms with Crippen LogP contribution in [0.4, 0.5) is 10.6 Å². The lowest BCUT2D eigenvalue weighted by Gasteiger charge is -2.27. The SMILES string of the molecule is CCNC(=O)Nc1cc(CN2CCNCC2=O)ccn1. The summed E-state index contributed by atoms with van der Waals surface area (Å²) in [5.74, 6) is 0.572. The minimum absolute atomic E-state index is 0.0892. The standard InChI is InChI=1S/C13H19N5O2/c1-2-15-13(20)17-11-7-10(3-4-16-11)9-18-6-5-14-8-12(18)19/h3-4,7,14H,2,5-6,8-9H2,1H3,(H2,15,16,17,20). The van der Waals surface area contributed by atoms with E-state index in [-0.39, 0.29) is 11.9 Å². The Morgan fingerprint density at radius 3 is 3.15 bits per heavy atom. The molecule has 0 saturated carbocycles. The quantitative estimate of drug-likeness (QED) is 0.731. The highest BCUT2D eigenvalue weighted by atomic mass is 16.2. The van der Waals surface area contributed by atoms with Crippen LogP contribution >= 0.6 is 0 Å². The maximum absolute atomic E-state index is 11.7. The van der Waals surface area contributed by atoms with Crippen molar-refractivity contribution < 1.29 is 9.59 Å². The summed E-state index contributed by atoms with van der Waals surface area (Å²) in [6, 6.07) is 3.35. The Morgan fingerprint density at radius 2 is 2.40 bits per heavy atom. The number of piperazine rings is 1. The number of pyridine rings is 1. The van der Waals surface area contributed by atoms with Gasteiger partial charge >= 0.3 is 6.03 Å². The third kappa shape index (κ3) is 3.92. The van der Waals surface area contributed by atoms with Crippen molar-refractivity contribution in [3.63, 3.8) is 0 Å². The van der Waals surface area contributed by atoms with Gasteiger partial charge in [-0.05, 0) is 24.6 Å². The average molecular weight is 277 g/mol. The molecule has 1 aliphatic heterocycles. The van der Waals surface area contributed by atoms with Gasteiger partial charge in [-0.1, -0.05) is 0 Å². The van der Waals surface area contributed by atoms with Gasteiger partial charge in [-0.25, -0.2) is 9.78 Å². The minimum Gasteiger partial charge on any atom is -0.338 e. The van der Waals surface area contributed by atoms with Gasteiger partial charge in [0, 0.05) is 32.4 Å². The van der Waals surface area contributed by atoms with E-state index in [0.29, 0.717) is 32.0 Å². The summed E-state index contributed by atoms with van der Waals surface area (Å²) in [4.78, 5) is 29.0. The number of hydrogen-bond acceptors (Lipinski definition) is 4. The van der Waals surface area contributed by atoms with Crippen molar-refractivity contribution in [2.75, 3.05) is 31.5 Å². The Kier molecular flexibility index (Phi) is 4.89. The molecule has 3 amide bonds. The van der Waals surface area contributed by atoms with E-state index in [4.69, 9.17) is 0 Å². The lowest BCUT2D eigenvalue weighted by Crippen LogP contribution is -2.47. The molecule has 1 saturated heterocycles. The van der Waals surface area contributed by atoms with Crippen LogP contribution < -0.4 is 16.0 Å². The fourth-order valence-electron chi connectivity index (χ4n) is 2.00. The van der Waals surface area contributed by atoms with Crippen LogP contribution in [0, 0.1) is 0 Å². The Hall–Kier alpha value is -2.15. The largest absolute Gasteiger partial charge is 0.338 e. The molecule has 20 heavy (non-hydrogen) atoms. The second-order valence-corrected chi connectivity index (χ2v) is 4.53. The van der Waals surface area contributed by atoms with Crippen molar-refractivity contribution in [2.45, 2.75) is 13.5 Å². The first kappa shape index (κ1) is 14.3. The molecule has 2 rings (SSSR count). The van der Waals surface area contributed by atoms with E-state index < -0.39 is 0 Å². The van der Waals surface area contributed by atoms with E-state index in [1.807, 2.05) is 13.0 Å².